The summed E-state index contributed by atoms with van der Waals surface area (Å²) in [5.74, 6) is -0.189. The monoisotopic (exact) mass is 588 g/mol. The number of nitrogens with zero attached hydrogens (tertiary/aromatic N) is 4. The molecule has 2 N–H and O–H groups in total. The van der Waals surface area contributed by atoms with Crippen molar-refractivity contribution in [2.24, 2.45) is 0 Å². The van der Waals surface area contributed by atoms with Gasteiger partial charge in [-0.25, -0.2) is 23.4 Å². The van der Waals surface area contributed by atoms with E-state index in [9.17, 15) is 23.2 Å². The van der Waals surface area contributed by atoms with Crippen LogP contribution in [0.4, 0.5) is 13.6 Å². The van der Waals surface area contributed by atoms with E-state index >= 15 is 0 Å². The summed E-state index contributed by atoms with van der Waals surface area (Å²) in [6, 6.07) is 5.47. The third-order valence-corrected chi connectivity index (χ3v) is 8.23. The lowest BCUT2D eigenvalue weighted by atomic mass is 9.93. The number of pyridine rings is 1. The number of aromatic amines is 1. The van der Waals surface area contributed by atoms with Crippen LogP contribution in [-0.2, 0) is 4.79 Å². The van der Waals surface area contributed by atoms with Crippen molar-refractivity contribution < 1.29 is 18.4 Å². The number of fused-ring (bicyclic) bond motifs is 1. The molecular formula is C32H34F2N6O3. The second-order valence-electron chi connectivity index (χ2n) is 10.8. The molecule has 0 aliphatic carbocycles. The summed E-state index contributed by atoms with van der Waals surface area (Å²) in [5, 5.41) is 2.88. The average molecular weight is 589 g/mol. The molecule has 1 aromatic carbocycles. The van der Waals surface area contributed by atoms with Gasteiger partial charge in [0, 0.05) is 37.8 Å². The van der Waals surface area contributed by atoms with E-state index in [2.05, 4.69) is 21.2 Å². The van der Waals surface area contributed by atoms with E-state index in [-0.39, 0.29) is 36.2 Å². The predicted molar refractivity (Wildman–Crippen MR) is 159 cm³/mol. The van der Waals surface area contributed by atoms with Crippen molar-refractivity contribution in [3.8, 4) is 12.3 Å². The normalized spacial score (nSPS) is 20.9. The highest BCUT2D eigenvalue weighted by Crippen LogP contribution is 2.31. The molecule has 2 saturated heterocycles. The maximum atomic E-state index is 14.8. The summed E-state index contributed by atoms with van der Waals surface area (Å²) in [5.41, 5.74) is 1.17. The van der Waals surface area contributed by atoms with Gasteiger partial charge in [0.1, 0.15) is 12.1 Å². The van der Waals surface area contributed by atoms with Crippen LogP contribution in [0.1, 0.15) is 50.1 Å². The molecule has 224 valence electrons. The summed E-state index contributed by atoms with van der Waals surface area (Å²) < 4.78 is 30.6. The second-order valence-corrected chi connectivity index (χ2v) is 10.8. The Hall–Kier alpha value is -4.72. The molecule has 3 aromatic rings. The zero-order valence-corrected chi connectivity index (χ0v) is 23.9. The van der Waals surface area contributed by atoms with Crippen molar-refractivity contribution in [2.45, 2.75) is 56.7 Å². The Morgan fingerprint density at radius 3 is 2.67 bits per heavy atom. The van der Waals surface area contributed by atoms with Gasteiger partial charge in [-0.1, -0.05) is 36.3 Å². The topological polar surface area (TPSA) is 103 Å². The number of H-pyrrole nitrogens is 1. The number of carbonyl (C=O) groups is 2. The van der Waals surface area contributed by atoms with E-state index in [1.54, 1.807) is 40.0 Å². The lowest BCUT2D eigenvalue weighted by Gasteiger charge is -2.34. The van der Waals surface area contributed by atoms with Crippen molar-refractivity contribution in [3.05, 3.63) is 88.5 Å². The van der Waals surface area contributed by atoms with E-state index in [1.165, 1.54) is 17.0 Å². The number of urea groups is 1. The van der Waals surface area contributed by atoms with Gasteiger partial charge in [-0.15, -0.1) is 6.42 Å². The molecule has 2 aliphatic rings. The van der Waals surface area contributed by atoms with Crippen LogP contribution in [0, 0.1) is 24.0 Å². The Morgan fingerprint density at radius 2 is 1.93 bits per heavy atom. The van der Waals surface area contributed by atoms with E-state index in [4.69, 9.17) is 6.42 Å². The van der Waals surface area contributed by atoms with E-state index in [0.29, 0.717) is 38.0 Å². The number of likely N-dealkylation sites (tertiary alicyclic amines) is 2. The van der Waals surface area contributed by atoms with E-state index < -0.39 is 35.7 Å². The first-order valence-electron chi connectivity index (χ1n) is 14.4. The number of allylic oxidation sites excluding steroid dienone is 3. The van der Waals surface area contributed by atoms with Crippen LogP contribution < -0.4 is 11.0 Å². The van der Waals surface area contributed by atoms with Gasteiger partial charge in [0.2, 0.25) is 5.91 Å². The third kappa shape index (κ3) is 6.23. The summed E-state index contributed by atoms with van der Waals surface area (Å²) in [6.45, 7) is 2.69. The predicted octanol–water partition coefficient (Wildman–Crippen LogP) is 4.26. The minimum absolute atomic E-state index is 0.0697. The Labute approximate surface area is 248 Å². The lowest BCUT2D eigenvalue weighted by Crippen LogP contribution is -2.54. The Bertz CT molecular complexity index is 1650. The van der Waals surface area contributed by atoms with Crippen molar-refractivity contribution in [2.75, 3.05) is 19.6 Å². The smallest absolute Gasteiger partial charge is 0.326 e. The quantitative estimate of drug-likeness (QED) is 0.332. The molecule has 3 unspecified atom stereocenters. The number of amides is 3. The highest BCUT2D eigenvalue weighted by molar-refractivity contribution is 5.88. The Morgan fingerprint density at radius 1 is 1.14 bits per heavy atom. The Balaban J connectivity index is 1.32. The number of imidazole rings is 1. The molecule has 9 nitrogen and oxygen atoms in total. The van der Waals surface area contributed by atoms with Crippen LogP contribution >= 0.6 is 0 Å². The Kier molecular flexibility index (Phi) is 9.04. The molecule has 2 aliphatic heterocycles. The molecule has 43 heavy (non-hydrogen) atoms. The first-order valence-corrected chi connectivity index (χ1v) is 14.4. The summed E-state index contributed by atoms with van der Waals surface area (Å²) in [7, 11) is 0. The summed E-state index contributed by atoms with van der Waals surface area (Å²) in [6.07, 6.45) is 16.1. The molecule has 4 heterocycles. The van der Waals surface area contributed by atoms with Crippen molar-refractivity contribution in [3.63, 3.8) is 0 Å². The van der Waals surface area contributed by atoms with Gasteiger partial charge < -0.3 is 15.1 Å². The molecule has 2 fully saturated rings. The largest absolute Gasteiger partial charge is 0.327 e. The number of terminal acetylenes is 1. The molecule has 3 amide bonds. The number of hydrogen-bond donors (Lipinski definition) is 2. The van der Waals surface area contributed by atoms with Crippen LogP contribution in [0.15, 0.2) is 65.6 Å². The first kappa shape index (κ1) is 29.8. The van der Waals surface area contributed by atoms with Gasteiger partial charge in [0.05, 0.1) is 5.52 Å². The van der Waals surface area contributed by atoms with Gasteiger partial charge in [-0.2, -0.15) is 0 Å². The van der Waals surface area contributed by atoms with Gasteiger partial charge in [0.15, 0.2) is 17.3 Å². The number of hydrogen-bond acceptors (Lipinski definition) is 4. The highest BCUT2D eigenvalue weighted by Gasteiger charge is 2.37. The lowest BCUT2D eigenvalue weighted by molar-refractivity contribution is -0.133. The van der Waals surface area contributed by atoms with Crippen molar-refractivity contribution in [1.82, 2.24) is 29.7 Å². The summed E-state index contributed by atoms with van der Waals surface area (Å²) >= 11 is 0. The molecular weight excluding hydrogens is 554 g/mol. The average Bonchev–Trinajstić information content (AvgIpc) is 3.27. The van der Waals surface area contributed by atoms with Crippen LogP contribution in [0.2, 0.25) is 0 Å². The summed E-state index contributed by atoms with van der Waals surface area (Å²) in [4.78, 5) is 49.9. The zero-order chi connectivity index (χ0) is 30.5. The second kappa shape index (κ2) is 13.1. The minimum Gasteiger partial charge on any atom is -0.326 e. The van der Waals surface area contributed by atoms with Crippen LogP contribution in [0.25, 0.3) is 11.2 Å². The number of piperidine rings is 1. The number of aromatic nitrogens is 3. The van der Waals surface area contributed by atoms with Gasteiger partial charge in [0.25, 0.3) is 0 Å². The fourth-order valence-corrected chi connectivity index (χ4v) is 6.00. The third-order valence-electron chi connectivity index (χ3n) is 8.23. The van der Waals surface area contributed by atoms with Gasteiger partial charge in [-0.05, 0) is 62.4 Å². The maximum Gasteiger partial charge on any atom is 0.327 e. The number of nitrogens with one attached hydrogen (secondary N) is 2. The standard InChI is InChI=1S/C32H34F2N6O3/c1-3-5-6-9-22(4-2)39-20-21(24-10-7-11-25(33)28(24)34)13-14-26(30(39)41)36-31(42)38-18-15-23(16-19-38)40-27-12-8-17-35-29(27)37-32(40)43/h2-3,5-12,17,21-23,26H,13-16,18-20H2,1H3,(H,36,42)(H,35,37,43)/b5-3-,9-6-. The molecule has 0 saturated carbocycles. The van der Waals surface area contributed by atoms with Crippen molar-refractivity contribution >= 4 is 23.1 Å². The first-order chi connectivity index (χ1) is 20.8. The van der Waals surface area contributed by atoms with Crippen LogP contribution in [0.3, 0.4) is 0 Å². The SMILES string of the molecule is C#CC(/C=C\C=C/C)N1CC(c2cccc(F)c2F)CCC(NC(=O)N2CCC(n3c(=O)[nH]c4ncccc43)CC2)C1=O. The van der Waals surface area contributed by atoms with Crippen LogP contribution in [-0.4, -0.2) is 68.0 Å². The minimum atomic E-state index is -0.958. The fourth-order valence-electron chi connectivity index (χ4n) is 6.00. The van der Waals surface area contributed by atoms with Gasteiger partial charge in [-0.3, -0.25) is 14.3 Å². The van der Waals surface area contributed by atoms with Crippen molar-refractivity contribution in [1.29, 1.82) is 0 Å². The molecule has 11 heteroatoms. The maximum absolute atomic E-state index is 14.8. The molecule has 0 bridgehead atoms. The molecule has 0 radical (unpaired) electrons. The molecule has 0 spiro atoms. The molecule has 3 atom stereocenters. The van der Waals surface area contributed by atoms with E-state index in [0.717, 1.165) is 11.6 Å². The number of benzene rings is 1. The number of rotatable bonds is 6. The van der Waals surface area contributed by atoms with Crippen LogP contribution in [0.5, 0.6) is 0 Å². The zero-order valence-electron chi connectivity index (χ0n) is 23.9. The number of carbonyl (C=O) groups excluding carboxylic acids is 2. The van der Waals surface area contributed by atoms with Gasteiger partial charge >= 0.3 is 11.7 Å². The van der Waals surface area contributed by atoms with E-state index in [1.807, 2.05) is 19.1 Å². The number of halogens is 2. The molecule has 2 aromatic heterocycles. The fraction of sp³-hybridized carbons (Fsp3) is 0.375. The highest BCUT2D eigenvalue weighted by atomic mass is 19.2. The molecule has 5 rings (SSSR count).